The molecule has 23 heavy (non-hydrogen) atoms. The summed E-state index contributed by atoms with van der Waals surface area (Å²) < 4.78 is 5.17. The van der Waals surface area contributed by atoms with Crippen molar-refractivity contribution < 1.29 is 14.3 Å². The molecule has 2 amide bonds. The van der Waals surface area contributed by atoms with Crippen LogP contribution in [-0.2, 0) is 16.0 Å². The molecule has 8 heteroatoms. The maximum absolute atomic E-state index is 11.7. The van der Waals surface area contributed by atoms with Gasteiger partial charge < -0.3 is 10.1 Å². The Balaban J connectivity index is 1.73. The minimum absolute atomic E-state index is 0.0109. The molecule has 0 aliphatic rings. The lowest BCUT2D eigenvalue weighted by atomic mass is 10.3. The highest BCUT2D eigenvalue weighted by Gasteiger charge is 2.09. The molecule has 0 spiro atoms. The summed E-state index contributed by atoms with van der Waals surface area (Å²) in [5.41, 5.74) is 6.30. The summed E-state index contributed by atoms with van der Waals surface area (Å²) in [6, 6.07) is 7.26. The molecule has 0 aliphatic heterocycles. The third-order valence-corrected chi connectivity index (χ3v) is 3.83. The molecule has 0 unspecified atom stereocenters. The summed E-state index contributed by atoms with van der Waals surface area (Å²) in [4.78, 5) is 27.6. The number of ether oxygens (including phenoxy) is 1. The van der Waals surface area contributed by atoms with Crippen molar-refractivity contribution in [3.63, 3.8) is 0 Å². The quantitative estimate of drug-likeness (QED) is 0.692. The van der Waals surface area contributed by atoms with Gasteiger partial charge in [0.15, 0.2) is 0 Å². The highest BCUT2D eigenvalue weighted by molar-refractivity contribution is 7.09. The van der Waals surface area contributed by atoms with Crippen molar-refractivity contribution in [2.75, 3.05) is 19.0 Å². The van der Waals surface area contributed by atoms with Gasteiger partial charge in [0, 0.05) is 11.1 Å². The second kappa shape index (κ2) is 8.14. The van der Waals surface area contributed by atoms with Gasteiger partial charge in [-0.15, -0.1) is 11.3 Å². The summed E-state index contributed by atoms with van der Waals surface area (Å²) >= 11 is 1.41. The Bertz CT molecular complexity index is 687. The number of aryl methyl sites for hydroxylation is 1. The molecule has 1 aromatic heterocycles. The Kier molecular flexibility index (Phi) is 5.93. The molecule has 2 rings (SSSR count). The number of hydrogen-bond donors (Lipinski definition) is 3. The third kappa shape index (κ3) is 5.26. The van der Waals surface area contributed by atoms with Crippen LogP contribution in [0.5, 0.6) is 5.75 Å². The number of carbonyl (C=O) groups is 2. The lowest BCUT2D eigenvalue weighted by Gasteiger charge is -2.11. The van der Waals surface area contributed by atoms with Crippen LogP contribution in [0.3, 0.4) is 0 Å². The lowest BCUT2D eigenvalue weighted by Crippen LogP contribution is -2.44. The van der Waals surface area contributed by atoms with Crippen LogP contribution in [0, 0.1) is 6.92 Å². The van der Waals surface area contributed by atoms with Crippen LogP contribution in [0.2, 0.25) is 0 Å². The first kappa shape index (κ1) is 16.8. The smallest absolute Gasteiger partial charge is 0.257 e. The highest BCUT2D eigenvalue weighted by atomic mass is 32.1. The van der Waals surface area contributed by atoms with Crippen LogP contribution in [0.15, 0.2) is 29.6 Å². The van der Waals surface area contributed by atoms with Gasteiger partial charge in [-0.3, -0.25) is 20.4 Å². The van der Waals surface area contributed by atoms with E-state index < -0.39 is 0 Å². The monoisotopic (exact) mass is 334 g/mol. The number of hydrogen-bond acceptors (Lipinski definition) is 6. The topological polar surface area (TPSA) is 92.4 Å². The number of para-hydroxylation sites is 2. The van der Waals surface area contributed by atoms with E-state index in [1.807, 2.05) is 24.4 Å². The molecule has 0 fully saturated rings. The largest absolute Gasteiger partial charge is 0.495 e. The fourth-order valence-corrected chi connectivity index (χ4v) is 2.59. The molecule has 0 saturated carbocycles. The van der Waals surface area contributed by atoms with E-state index in [4.69, 9.17) is 4.74 Å². The number of hydrazine groups is 1. The minimum atomic E-state index is -0.362. The van der Waals surface area contributed by atoms with Gasteiger partial charge in [-0.05, 0) is 19.1 Å². The molecular weight excluding hydrogens is 316 g/mol. The maximum Gasteiger partial charge on any atom is 0.257 e. The molecular formula is C15H18N4O3S. The Labute approximate surface area is 138 Å². The zero-order valence-electron chi connectivity index (χ0n) is 12.9. The molecule has 0 saturated heterocycles. The Morgan fingerprint density at radius 2 is 1.96 bits per heavy atom. The number of amides is 2. The van der Waals surface area contributed by atoms with Crippen molar-refractivity contribution in [2.24, 2.45) is 0 Å². The molecule has 3 N–H and O–H groups in total. The first-order chi connectivity index (χ1) is 11.1. The highest BCUT2D eigenvalue weighted by Crippen LogP contribution is 2.22. The van der Waals surface area contributed by atoms with Crippen molar-refractivity contribution in [2.45, 2.75) is 13.3 Å². The first-order valence-corrected chi connectivity index (χ1v) is 7.82. The summed E-state index contributed by atoms with van der Waals surface area (Å²) in [6.07, 6.45) is 0.138. The molecule has 0 aliphatic carbocycles. The second-order valence-electron chi connectivity index (χ2n) is 4.71. The number of benzene rings is 1. The van der Waals surface area contributed by atoms with Crippen molar-refractivity contribution in [3.8, 4) is 5.75 Å². The van der Waals surface area contributed by atoms with Gasteiger partial charge >= 0.3 is 0 Å². The van der Waals surface area contributed by atoms with Crippen LogP contribution >= 0.6 is 11.3 Å². The van der Waals surface area contributed by atoms with E-state index in [1.165, 1.54) is 11.3 Å². The standard InChI is InChI=1S/C15H18N4O3S/c1-10-9-23-15(17-10)7-13(20)18-19-14(21)8-16-11-5-3-4-6-12(11)22-2/h3-6,9,16H,7-8H2,1-2H3,(H,18,20)(H,19,21). The third-order valence-electron chi connectivity index (χ3n) is 2.87. The number of carbonyl (C=O) groups excluding carboxylic acids is 2. The first-order valence-electron chi connectivity index (χ1n) is 6.94. The number of anilines is 1. The molecule has 0 radical (unpaired) electrons. The Morgan fingerprint density at radius 1 is 1.22 bits per heavy atom. The maximum atomic E-state index is 11.7. The van der Waals surface area contributed by atoms with Crippen LogP contribution in [-0.4, -0.2) is 30.5 Å². The molecule has 0 atom stereocenters. The fraction of sp³-hybridized carbons (Fsp3) is 0.267. The predicted octanol–water partition coefficient (Wildman–Crippen LogP) is 1.26. The summed E-state index contributed by atoms with van der Waals surface area (Å²) in [5, 5.41) is 5.53. The predicted molar refractivity (Wildman–Crippen MR) is 88.3 cm³/mol. The summed E-state index contributed by atoms with van der Waals surface area (Å²) in [7, 11) is 1.56. The van der Waals surface area contributed by atoms with Crippen molar-refractivity contribution in [1.82, 2.24) is 15.8 Å². The molecule has 0 bridgehead atoms. The molecule has 122 valence electrons. The lowest BCUT2D eigenvalue weighted by molar-refractivity contribution is -0.127. The van der Waals surface area contributed by atoms with E-state index in [0.717, 1.165) is 5.69 Å². The number of nitrogens with zero attached hydrogens (tertiary/aromatic N) is 1. The average Bonchev–Trinajstić information content (AvgIpc) is 2.96. The van der Waals surface area contributed by atoms with E-state index in [2.05, 4.69) is 21.2 Å². The normalized spacial score (nSPS) is 10.0. The number of thiazole rings is 1. The number of nitrogens with one attached hydrogen (secondary N) is 3. The van der Waals surface area contributed by atoms with E-state index in [1.54, 1.807) is 19.2 Å². The van der Waals surface area contributed by atoms with Crippen molar-refractivity contribution in [1.29, 1.82) is 0 Å². The summed E-state index contributed by atoms with van der Waals surface area (Å²) in [6.45, 7) is 1.88. The van der Waals surface area contributed by atoms with E-state index in [-0.39, 0.29) is 24.8 Å². The van der Waals surface area contributed by atoms with Crippen molar-refractivity contribution >= 4 is 28.8 Å². The average molecular weight is 334 g/mol. The van der Waals surface area contributed by atoms with Crippen LogP contribution in [0.25, 0.3) is 0 Å². The molecule has 7 nitrogen and oxygen atoms in total. The molecule has 1 heterocycles. The van der Waals surface area contributed by atoms with E-state index >= 15 is 0 Å². The minimum Gasteiger partial charge on any atom is -0.495 e. The van der Waals surface area contributed by atoms with Gasteiger partial charge in [-0.2, -0.15) is 0 Å². The number of methoxy groups -OCH3 is 1. The SMILES string of the molecule is COc1ccccc1NCC(=O)NNC(=O)Cc1nc(C)cs1. The van der Waals surface area contributed by atoms with E-state index in [0.29, 0.717) is 16.4 Å². The van der Waals surface area contributed by atoms with Crippen molar-refractivity contribution in [3.05, 3.63) is 40.3 Å². The second-order valence-corrected chi connectivity index (χ2v) is 5.65. The zero-order chi connectivity index (χ0) is 16.7. The van der Waals surface area contributed by atoms with Gasteiger partial charge in [0.25, 0.3) is 5.91 Å². The van der Waals surface area contributed by atoms with Gasteiger partial charge in [-0.25, -0.2) is 4.98 Å². The molecule has 2 aromatic rings. The van der Waals surface area contributed by atoms with E-state index in [9.17, 15) is 9.59 Å². The fourth-order valence-electron chi connectivity index (χ4n) is 1.82. The number of aromatic nitrogens is 1. The van der Waals surface area contributed by atoms with Crippen LogP contribution in [0.1, 0.15) is 10.7 Å². The van der Waals surface area contributed by atoms with Crippen LogP contribution < -0.4 is 20.9 Å². The van der Waals surface area contributed by atoms with Gasteiger partial charge in [0.05, 0.1) is 25.8 Å². The Hall–Kier alpha value is -2.61. The number of rotatable bonds is 6. The van der Waals surface area contributed by atoms with Crippen LogP contribution in [0.4, 0.5) is 5.69 Å². The van der Waals surface area contributed by atoms with Gasteiger partial charge in [-0.1, -0.05) is 12.1 Å². The Morgan fingerprint density at radius 3 is 2.65 bits per heavy atom. The summed E-state index contributed by atoms with van der Waals surface area (Å²) in [5.74, 6) is -0.0342. The van der Waals surface area contributed by atoms with Gasteiger partial charge in [0.1, 0.15) is 10.8 Å². The van der Waals surface area contributed by atoms with Gasteiger partial charge in [0.2, 0.25) is 5.91 Å². The zero-order valence-corrected chi connectivity index (χ0v) is 13.7. The molecule has 1 aromatic carbocycles.